The first-order chi connectivity index (χ1) is 12.4. The Hall–Kier alpha value is -2.21. The third-order valence-electron chi connectivity index (χ3n) is 4.57. The summed E-state index contributed by atoms with van der Waals surface area (Å²) in [7, 11) is 0. The standard InChI is InChI=1S/C20H23N3O2/c1-2-5-16(6-3-1)14-24-15-18-13-23(9-10-25-18)12-17-11-22-20-19(17)7-4-8-21-20/h1-8,11,18H,9-10,12-15H2,(H,21,22). The Morgan fingerprint density at radius 3 is 3.04 bits per heavy atom. The molecule has 1 fully saturated rings. The lowest BCUT2D eigenvalue weighted by atomic mass is 10.2. The van der Waals surface area contributed by atoms with Gasteiger partial charge in [-0.2, -0.15) is 0 Å². The minimum absolute atomic E-state index is 0.126. The molecule has 2 aromatic heterocycles. The van der Waals surface area contributed by atoms with Gasteiger partial charge < -0.3 is 14.5 Å². The van der Waals surface area contributed by atoms with Crippen molar-refractivity contribution in [1.29, 1.82) is 0 Å². The highest BCUT2D eigenvalue weighted by Gasteiger charge is 2.21. The first-order valence-corrected chi connectivity index (χ1v) is 8.75. The van der Waals surface area contributed by atoms with Gasteiger partial charge in [0.05, 0.1) is 25.9 Å². The summed E-state index contributed by atoms with van der Waals surface area (Å²) in [5.74, 6) is 0. The maximum atomic E-state index is 5.87. The van der Waals surface area contributed by atoms with E-state index in [2.05, 4.69) is 39.3 Å². The molecule has 1 aromatic carbocycles. The number of H-pyrrole nitrogens is 1. The van der Waals surface area contributed by atoms with Crippen LogP contribution in [-0.2, 0) is 22.6 Å². The smallest absolute Gasteiger partial charge is 0.137 e. The lowest BCUT2D eigenvalue weighted by Crippen LogP contribution is -2.43. The molecule has 4 rings (SSSR count). The molecular formula is C20H23N3O2. The van der Waals surface area contributed by atoms with Gasteiger partial charge in [0.25, 0.3) is 0 Å². The molecule has 1 aliphatic heterocycles. The van der Waals surface area contributed by atoms with E-state index in [9.17, 15) is 0 Å². The van der Waals surface area contributed by atoms with E-state index in [-0.39, 0.29) is 6.10 Å². The third kappa shape index (κ3) is 4.07. The van der Waals surface area contributed by atoms with Crippen LogP contribution in [0.25, 0.3) is 11.0 Å². The number of morpholine rings is 1. The summed E-state index contributed by atoms with van der Waals surface area (Å²) in [6.45, 7) is 4.75. The molecule has 5 heteroatoms. The van der Waals surface area contributed by atoms with E-state index in [4.69, 9.17) is 9.47 Å². The van der Waals surface area contributed by atoms with E-state index in [0.717, 1.165) is 31.9 Å². The Bertz CT molecular complexity index is 803. The summed E-state index contributed by atoms with van der Waals surface area (Å²) in [4.78, 5) is 10.0. The Morgan fingerprint density at radius 2 is 2.12 bits per heavy atom. The quantitative estimate of drug-likeness (QED) is 0.751. The monoisotopic (exact) mass is 337 g/mol. The largest absolute Gasteiger partial charge is 0.374 e. The van der Waals surface area contributed by atoms with Crippen molar-refractivity contribution in [3.05, 3.63) is 66.0 Å². The Balaban J connectivity index is 1.30. The molecule has 130 valence electrons. The van der Waals surface area contributed by atoms with Crippen LogP contribution in [0.2, 0.25) is 0 Å². The minimum Gasteiger partial charge on any atom is -0.374 e. The van der Waals surface area contributed by atoms with Crippen molar-refractivity contribution < 1.29 is 9.47 Å². The summed E-state index contributed by atoms with van der Waals surface area (Å²) in [6, 6.07) is 14.4. The van der Waals surface area contributed by atoms with E-state index < -0.39 is 0 Å². The van der Waals surface area contributed by atoms with Crippen molar-refractivity contribution in [3.8, 4) is 0 Å². The number of fused-ring (bicyclic) bond motifs is 1. The lowest BCUT2D eigenvalue weighted by molar-refractivity contribution is -0.0740. The van der Waals surface area contributed by atoms with Crippen molar-refractivity contribution in [1.82, 2.24) is 14.9 Å². The summed E-state index contributed by atoms with van der Waals surface area (Å²) < 4.78 is 11.7. The van der Waals surface area contributed by atoms with E-state index in [1.54, 1.807) is 0 Å². The zero-order valence-corrected chi connectivity index (χ0v) is 14.2. The van der Waals surface area contributed by atoms with Crippen molar-refractivity contribution in [2.24, 2.45) is 0 Å². The number of rotatable bonds is 6. The molecule has 1 saturated heterocycles. The number of nitrogens with one attached hydrogen (secondary N) is 1. The average molecular weight is 337 g/mol. The molecule has 1 unspecified atom stereocenters. The first-order valence-electron chi connectivity index (χ1n) is 8.75. The van der Waals surface area contributed by atoms with E-state index in [0.29, 0.717) is 13.2 Å². The third-order valence-corrected chi connectivity index (χ3v) is 4.57. The van der Waals surface area contributed by atoms with Gasteiger partial charge in [-0.3, -0.25) is 4.90 Å². The molecule has 3 heterocycles. The molecule has 0 radical (unpaired) electrons. The first kappa shape index (κ1) is 16.3. The molecule has 0 saturated carbocycles. The van der Waals surface area contributed by atoms with Gasteiger partial charge in [-0.1, -0.05) is 30.3 Å². The number of hydrogen-bond acceptors (Lipinski definition) is 4. The van der Waals surface area contributed by atoms with Crippen LogP contribution in [0.15, 0.2) is 54.9 Å². The molecule has 1 aliphatic rings. The van der Waals surface area contributed by atoms with Crippen LogP contribution >= 0.6 is 0 Å². The summed E-state index contributed by atoms with van der Waals surface area (Å²) >= 11 is 0. The van der Waals surface area contributed by atoms with Gasteiger partial charge in [0.15, 0.2) is 0 Å². The lowest BCUT2D eigenvalue weighted by Gasteiger charge is -2.32. The summed E-state index contributed by atoms with van der Waals surface area (Å²) in [5, 5.41) is 1.20. The number of aromatic amines is 1. The Morgan fingerprint density at radius 1 is 1.20 bits per heavy atom. The number of hydrogen-bond donors (Lipinski definition) is 1. The fraction of sp³-hybridized carbons (Fsp3) is 0.350. The van der Waals surface area contributed by atoms with Gasteiger partial charge in [-0.15, -0.1) is 0 Å². The molecule has 0 bridgehead atoms. The van der Waals surface area contributed by atoms with Crippen LogP contribution in [-0.4, -0.2) is 47.3 Å². The molecule has 1 atom stereocenters. The van der Waals surface area contributed by atoms with E-state index >= 15 is 0 Å². The second-order valence-corrected chi connectivity index (χ2v) is 6.44. The molecule has 0 amide bonds. The number of aromatic nitrogens is 2. The number of pyridine rings is 1. The van der Waals surface area contributed by atoms with Crippen molar-refractivity contribution in [2.75, 3.05) is 26.3 Å². The topological polar surface area (TPSA) is 50.4 Å². The van der Waals surface area contributed by atoms with Gasteiger partial charge in [-0.05, 0) is 23.3 Å². The van der Waals surface area contributed by atoms with Crippen molar-refractivity contribution in [2.45, 2.75) is 19.3 Å². The van der Waals surface area contributed by atoms with Crippen LogP contribution in [0, 0.1) is 0 Å². The van der Waals surface area contributed by atoms with E-state index in [1.807, 2.05) is 30.5 Å². The van der Waals surface area contributed by atoms with Crippen LogP contribution < -0.4 is 0 Å². The highest BCUT2D eigenvalue weighted by molar-refractivity contribution is 5.79. The van der Waals surface area contributed by atoms with Crippen LogP contribution in [0.4, 0.5) is 0 Å². The Labute approximate surface area is 147 Å². The number of nitrogens with zero attached hydrogens (tertiary/aromatic N) is 2. The van der Waals surface area contributed by atoms with Gasteiger partial charge in [-0.25, -0.2) is 4.98 Å². The second-order valence-electron chi connectivity index (χ2n) is 6.44. The second kappa shape index (κ2) is 7.78. The number of ether oxygens (including phenoxy) is 2. The van der Waals surface area contributed by atoms with Crippen LogP contribution in [0.5, 0.6) is 0 Å². The fourth-order valence-electron chi connectivity index (χ4n) is 3.29. The zero-order chi connectivity index (χ0) is 16.9. The van der Waals surface area contributed by atoms with Crippen LogP contribution in [0.3, 0.4) is 0 Å². The average Bonchev–Trinajstić information content (AvgIpc) is 3.06. The molecular weight excluding hydrogens is 314 g/mol. The predicted molar refractivity (Wildman–Crippen MR) is 97.2 cm³/mol. The predicted octanol–water partition coefficient (Wildman–Crippen LogP) is 2.98. The maximum absolute atomic E-state index is 5.87. The van der Waals surface area contributed by atoms with Crippen molar-refractivity contribution in [3.63, 3.8) is 0 Å². The summed E-state index contributed by atoms with van der Waals surface area (Å²) in [6.07, 6.45) is 4.01. The Kier molecular flexibility index (Phi) is 5.06. The zero-order valence-electron chi connectivity index (χ0n) is 14.2. The highest BCUT2D eigenvalue weighted by atomic mass is 16.5. The summed E-state index contributed by atoms with van der Waals surface area (Å²) in [5.41, 5.74) is 3.43. The van der Waals surface area contributed by atoms with Gasteiger partial charge in [0, 0.05) is 37.4 Å². The normalized spacial score (nSPS) is 18.6. The molecule has 25 heavy (non-hydrogen) atoms. The highest BCUT2D eigenvalue weighted by Crippen LogP contribution is 2.19. The maximum Gasteiger partial charge on any atom is 0.137 e. The molecule has 0 aliphatic carbocycles. The van der Waals surface area contributed by atoms with Crippen molar-refractivity contribution >= 4 is 11.0 Å². The van der Waals surface area contributed by atoms with Gasteiger partial charge in [0.2, 0.25) is 0 Å². The SMILES string of the molecule is c1ccc(COCC2CN(Cc3c[nH]c4ncccc34)CCO2)cc1. The number of benzene rings is 1. The van der Waals surface area contributed by atoms with Gasteiger partial charge >= 0.3 is 0 Å². The molecule has 3 aromatic rings. The van der Waals surface area contributed by atoms with Gasteiger partial charge in [0.1, 0.15) is 5.65 Å². The minimum atomic E-state index is 0.126. The molecule has 0 spiro atoms. The fourth-order valence-corrected chi connectivity index (χ4v) is 3.29. The molecule has 5 nitrogen and oxygen atoms in total. The van der Waals surface area contributed by atoms with Crippen LogP contribution in [0.1, 0.15) is 11.1 Å². The molecule has 1 N–H and O–H groups in total. The van der Waals surface area contributed by atoms with E-state index in [1.165, 1.54) is 16.5 Å².